The lowest BCUT2D eigenvalue weighted by atomic mass is 9.90. The van der Waals surface area contributed by atoms with Crippen LogP contribution in [0.5, 0.6) is 0 Å². The average molecular weight is 519 g/mol. The van der Waals surface area contributed by atoms with Crippen LogP contribution < -0.4 is 9.80 Å². The van der Waals surface area contributed by atoms with Crippen LogP contribution in [-0.2, 0) is 9.59 Å². The van der Waals surface area contributed by atoms with Crippen molar-refractivity contribution in [3.63, 3.8) is 0 Å². The highest BCUT2D eigenvalue weighted by atomic mass is 32.1. The van der Waals surface area contributed by atoms with Gasteiger partial charge in [-0.2, -0.15) is 0 Å². The van der Waals surface area contributed by atoms with E-state index < -0.39 is 11.9 Å². The number of hydrogen-bond donors (Lipinski definition) is 1. The van der Waals surface area contributed by atoms with Crippen molar-refractivity contribution in [2.75, 3.05) is 23.9 Å². The summed E-state index contributed by atoms with van der Waals surface area (Å²) in [6.45, 7) is 0. The molecule has 1 atom stereocenters. The number of aliphatic carboxylic acids is 1. The maximum atomic E-state index is 13.8. The quantitative estimate of drug-likeness (QED) is 0.349. The SMILES string of the molecule is CN(C)c1ccc(-c2ccccc2-c2csc(N(C(=O)[C@@H](CC(=O)O)CC3CCCC3)C3CC3)n2)cn1. The molecule has 5 rings (SSSR count). The second-order valence-corrected chi connectivity index (χ2v) is 11.3. The topological polar surface area (TPSA) is 86.6 Å². The van der Waals surface area contributed by atoms with Gasteiger partial charge in [0.15, 0.2) is 5.13 Å². The van der Waals surface area contributed by atoms with Crippen molar-refractivity contribution in [2.24, 2.45) is 11.8 Å². The normalized spacial score (nSPS) is 16.5. The molecule has 2 aliphatic carbocycles. The van der Waals surface area contributed by atoms with Crippen LogP contribution in [0.1, 0.15) is 51.4 Å². The number of nitrogens with zero attached hydrogens (tertiary/aromatic N) is 4. The third-order valence-corrected chi connectivity index (χ3v) is 8.27. The van der Waals surface area contributed by atoms with Gasteiger partial charge in [-0.05, 0) is 42.9 Å². The number of carbonyl (C=O) groups excluding carboxylic acids is 1. The summed E-state index contributed by atoms with van der Waals surface area (Å²) in [6, 6.07) is 12.3. The largest absolute Gasteiger partial charge is 0.481 e. The molecular weight excluding hydrogens is 484 g/mol. The molecule has 0 bridgehead atoms. The zero-order valence-corrected chi connectivity index (χ0v) is 22.3. The minimum absolute atomic E-state index is 0.0746. The van der Waals surface area contributed by atoms with Crippen LogP contribution in [0.4, 0.5) is 10.9 Å². The van der Waals surface area contributed by atoms with Gasteiger partial charge in [-0.15, -0.1) is 11.3 Å². The van der Waals surface area contributed by atoms with E-state index in [9.17, 15) is 14.7 Å². The lowest BCUT2D eigenvalue weighted by molar-refractivity contribution is -0.141. The number of carbonyl (C=O) groups is 2. The molecule has 7 nitrogen and oxygen atoms in total. The Labute approximate surface area is 222 Å². The average Bonchev–Trinajstić information content (AvgIpc) is 3.36. The molecule has 0 unspecified atom stereocenters. The molecule has 1 N–H and O–H groups in total. The molecule has 3 aromatic rings. The summed E-state index contributed by atoms with van der Waals surface area (Å²) >= 11 is 1.46. The fourth-order valence-corrected chi connectivity index (χ4v) is 6.26. The van der Waals surface area contributed by atoms with Crippen molar-refractivity contribution in [1.29, 1.82) is 0 Å². The predicted octanol–water partition coefficient (Wildman–Crippen LogP) is 6.10. The van der Waals surface area contributed by atoms with E-state index in [1.54, 1.807) is 0 Å². The molecule has 0 aliphatic heterocycles. The van der Waals surface area contributed by atoms with Crippen LogP contribution in [0.25, 0.3) is 22.4 Å². The number of benzene rings is 1. The van der Waals surface area contributed by atoms with Crippen molar-refractivity contribution in [1.82, 2.24) is 9.97 Å². The van der Waals surface area contributed by atoms with Crippen LogP contribution in [0, 0.1) is 11.8 Å². The standard InChI is InChI=1S/C29H34N4O3S/c1-32(2)26-14-11-20(17-30-26)23-9-5-6-10-24(23)25-18-37-29(31-25)33(22-12-13-22)28(36)21(16-27(34)35)15-19-7-3-4-8-19/h5-6,9-11,14,17-19,21-22H,3-4,7-8,12-13,15-16H2,1-2H3,(H,34,35)/t21-/m1/s1. The molecule has 1 amide bonds. The van der Waals surface area contributed by atoms with Crippen LogP contribution in [0.3, 0.4) is 0 Å². The highest BCUT2D eigenvalue weighted by Gasteiger charge is 2.40. The Balaban J connectivity index is 1.43. The van der Waals surface area contributed by atoms with E-state index in [1.807, 2.05) is 59.7 Å². The molecule has 2 aliphatic rings. The van der Waals surface area contributed by atoms with Crippen molar-refractivity contribution in [2.45, 2.75) is 57.4 Å². The predicted molar refractivity (Wildman–Crippen MR) is 148 cm³/mol. The summed E-state index contributed by atoms with van der Waals surface area (Å²) in [4.78, 5) is 38.7. The van der Waals surface area contributed by atoms with Gasteiger partial charge in [0.1, 0.15) is 5.82 Å². The molecule has 37 heavy (non-hydrogen) atoms. The zero-order chi connectivity index (χ0) is 25.9. The van der Waals surface area contributed by atoms with Crippen molar-refractivity contribution < 1.29 is 14.7 Å². The number of anilines is 2. The molecule has 0 radical (unpaired) electrons. The monoisotopic (exact) mass is 518 g/mol. The summed E-state index contributed by atoms with van der Waals surface area (Å²) in [5, 5.41) is 12.2. The molecule has 1 aromatic carbocycles. The van der Waals surface area contributed by atoms with E-state index in [1.165, 1.54) is 24.2 Å². The first kappa shape index (κ1) is 25.4. The number of pyridine rings is 1. The van der Waals surface area contributed by atoms with Crippen molar-refractivity contribution in [3.8, 4) is 22.4 Å². The molecule has 2 aromatic heterocycles. The lowest BCUT2D eigenvalue weighted by Crippen LogP contribution is -2.39. The number of thiazole rings is 1. The van der Waals surface area contributed by atoms with E-state index in [2.05, 4.69) is 17.1 Å². The number of carboxylic acids is 1. The minimum Gasteiger partial charge on any atom is -0.481 e. The van der Waals surface area contributed by atoms with Gasteiger partial charge in [-0.1, -0.05) is 49.9 Å². The fourth-order valence-electron chi connectivity index (χ4n) is 5.36. The maximum Gasteiger partial charge on any atom is 0.304 e. The first-order valence-corrected chi connectivity index (χ1v) is 14.0. The molecule has 194 valence electrons. The minimum atomic E-state index is -0.908. The van der Waals surface area contributed by atoms with Crippen molar-refractivity contribution in [3.05, 3.63) is 48.0 Å². The number of amides is 1. The van der Waals surface area contributed by atoms with Gasteiger partial charge in [0.25, 0.3) is 0 Å². The van der Waals surface area contributed by atoms with E-state index in [0.29, 0.717) is 17.5 Å². The smallest absolute Gasteiger partial charge is 0.304 e. The highest BCUT2D eigenvalue weighted by Crippen LogP contribution is 2.40. The second kappa shape index (κ2) is 11.0. The van der Waals surface area contributed by atoms with Gasteiger partial charge >= 0.3 is 5.97 Å². The number of rotatable bonds is 10. The Morgan fingerprint density at radius 2 is 1.78 bits per heavy atom. The third kappa shape index (κ3) is 5.85. The van der Waals surface area contributed by atoms with Gasteiger partial charge in [-0.25, -0.2) is 9.97 Å². The first-order valence-electron chi connectivity index (χ1n) is 13.1. The van der Waals surface area contributed by atoms with E-state index >= 15 is 0 Å². The summed E-state index contributed by atoms with van der Waals surface area (Å²) in [7, 11) is 3.93. The maximum absolute atomic E-state index is 13.8. The molecule has 2 fully saturated rings. The zero-order valence-electron chi connectivity index (χ0n) is 21.5. The van der Waals surface area contributed by atoms with Crippen molar-refractivity contribution >= 4 is 34.2 Å². The van der Waals surface area contributed by atoms with E-state index in [-0.39, 0.29) is 18.4 Å². The number of carboxylic acid groups (broad SMARTS) is 1. The van der Waals surface area contributed by atoms with Crippen LogP contribution in [0.2, 0.25) is 0 Å². The molecular formula is C29H34N4O3S. The Morgan fingerprint density at radius 1 is 1.05 bits per heavy atom. The molecule has 0 saturated heterocycles. The van der Waals surface area contributed by atoms with Gasteiger partial charge in [0.05, 0.1) is 12.1 Å². The van der Waals surface area contributed by atoms with Crippen LogP contribution in [-0.4, -0.2) is 47.1 Å². The van der Waals surface area contributed by atoms with Crippen LogP contribution in [0.15, 0.2) is 48.0 Å². The van der Waals surface area contributed by atoms with Gasteiger partial charge in [0.2, 0.25) is 5.91 Å². The summed E-state index contributed by atoms with van der Waals surface area (Å²) in [5.74, 6) is -0.142. The fraction of sp³-hybridized carbons (Fsp3) is 0.448. The number of aromatic nitrogens is 2. The summed E-state index contributed by atoms with van der Waals surface area (Å²) in [6.07, 6.45) is 8.82. The van der Waals surface area contributed by atoms with Gasteiger partial charge in [-0.3, -0.25) is 14.5 Å². The Morgan fingerprint density at radius 3 is 2.41 bits per heavy atom. The number of hydrogen-bond acceptors (Lipinski definition) is 6. The first-order chi connectivity index (χ1) is 17.9. The Hall–Kier alpha value is -3.26. The molecule has 2 heterocycles. The van der Waals surface area contributed by atoms with E-state index in [4.69, 9.17) is 4.98 Å². The Bertz CT molecular complexity index is 1250. The summed E-state index contributed by atoms with van der Waals surface area (Å²) < 4.78 is 0. The van der Waals surface area contributed by atoms with Gasteiger partial charge in [0, 0.05) is 48.8 Å². The molecule has 2 saturated carbocycles. The Kier molecular flexibility index (Phi) is 7.55. The second-order valence-electron chi connectivity index (χ2n) is 10.5. The van der Waals surface area contributed by atoms with Crippen LogP contribution >= 0.6 is 11.3 Å². The summed E-state index contributed by atoms with van der Waals surface area (Å²) in [5.41, 5.74) is 3.84. The molecule has 0 spiro atoms. The van der Waals surface area contributed by atoms with E-state index in [0.717, 1.165) is 53.9 Å². The lowest BCUT2D eigenvalue weighted by Gasteiger charge is -2.26. The highest BCUT2D eigenvalue weighted by molar-refractivity contribution is 7.14. The third-order valence-electron chi connectivity index (χ3n) is 7.43. The molecule has 8 heteroatoms. The van der Waals surface area contributed by atoms with Gasteiger partial charge < -0.3 is 10.0 Å².